The lowest BCUT2D eigenvalue weighted by molar-refractivity contribution is 1.18. The first-order valence-electron chi connectivity index (χ1n) is 15.9. The van der Waals surface area contributed by atoms with Crippen LogP contribution in [0.2, 0.25) is 0 Å². The van der Waals surface area contributed by atoms with Crippen molar-refractivity contribution in [2.75, 3.05) is 0 Å². The third-order valence-corrected chi connectivity index (χ3v) is 9.01. The van der Waals surface area contributed by atoms with Crippen molar-refractivity contribution in [3.05, 3.63) is 176 Å². The maximum Gasteiger partial charge on any atom is 0.160 e. The second kappa shape index (κ2) is 11.2. The molecule has 9 aromatic rings. The smallest absolute Gasteiger partial charge is 0.160 e. The fourth-order valence-electron chi connectivity index (χ4n) is 6.70. The molecule has 0 saturated carbocycles. The van der Waals surface area contributed by atoms with Crippen LogP contribution >= 0.6 is 0 Å². The zero-order valence-electron chi connectivity index (χ0n) is 25.6. The van der Waals surface area contributed by atoms with Gasteiger partial charge in [-0.25, -0.2) is 9.97 Å². The Bertz CT molecular complexity index is 2530. The van der Waals surface area contributed by atoms with E-state index < -0.39 is 0 Å². The van der Waals surface area contributed by atoms with Crippen LogP contribution in [-0.2, 0) is 0 Å². The first-order chi connectivity index (χ1) is 23.3. The predicted molar refractivity (Wildman–Crippen MR) is 196 cm³/mol. The monoisotopic (exact) mass is 599 g/mol. The van der Waals surface area contributed by atoms with Crippen LogP contribution < -0.4 is 0 Å². The summed E-state index contributed by atoms with van der Waals surface area (Å²) in [6, 6.07) is 62.0. The zero-order chi connectivity index (χ0) is 31.2. The van der Waals surface area contributed by atoms with Gasteiger partial charge in [0.25, 0.3) is 0 Å². The van der Waals surface area contributed by atoms with Crippen LogP contribution in [0.1, 0.15) is 0 Å². The van der Waals surface area contributed by atoms with E-state index in [1.165, 1.54) is 32.9 Å². The molecule has 3 nitrogen and oxygen atoms in total. The summed E-state index contributed by atoms with van der Waals surface area (Å²) in [4.78, 5) is 10.3. The van der Waals surface area contributed by atoms with E-state index in [0.717, 1.165) is 50.4 Å². The van der Waals surface area contributed by atoms with Gasteiger partial charge in [0, 0.05) is 33.0 Å². The molecule has 0 unspecified atom stereocenters. The maximum absolute atomic E-state index is 5.19. The molecular formula is C44H29N3. The summed E-state index contributed by atoms with van der Waals surface area (Å²) in [5.41, 5.74) is 12.1. The molecule has 0 aliphatic rings. The Morgan fingerprint density at radius 1 is 0.340 bits per heavy atom. The number of hydrogen-bond acceptors (Lipinski definition) is 2. The molecule has 220 valence electrons. The van der Waals surface area contributed by atoms with Crippen molar-refractivity contribution in [1.82, 2.24) is 14.5 Å². The second-order valence-electron chi connectivity index (χ2n) is 11.9. The summed E-state index contributed by atoms with van der Waals surface area (Å²) >= 11 is 0. The number of nitrogens with zero attached hydrogens (tertiary/aromatic N) is 3. The molecule has 0 aliphatic carbocycles. The van der Waals surface area contributed by atoms with Gasteiger partial charge in [-0.1, -0.05) is 133 Å². The Kier molecular flexibility index (Phi) is 6.46. The molecule has 0 aliphatic heterocycles. The number of hydrogen-bond donors (Lipinski definition) is 0. The Labute approximate surface area is 273 Å². The largest absolute Gasteiger partial charge is 0.309 e. The van der Waals surface area contributed by atoms with E-state index in [2.05, 4.69) is 168 Å². The van der Waals surface area contributed by atoms with E-state index in [9.17, 15) is 0 Å². The maximum atomic E-state index is 5.19. The van der Waals surface area contributed by atoms with Gasteiger partial charge in [-0.05, 0) is 64.7 Å². The average molecular weight is 600 g/mol. The van der Waals surface area contributed by atoms with Gasteiger partial charge in [-0.2, -0.15) is 0 Å². The molecule has 7 aromatic carbocycles. The highest BCUT2D eigenvalue weighted by Gasteiger charge is 2.16. The van der Waals surface area contributed by atoms with Gasteiger partial charge in [0.15, 0.2) is 5.82 Å². The highest BCUT2D eigenvalue weighted by molar-refractivity contribution is 6.10. The molecule has 0 bridgehead atoms. The van der Waals surface area contributed by atoms with E-state index in [1.54, 1.807) is 0 Å². The first kappa shape index (κ1) is 27.0. The van der Waals surface area contributed by atoms with Gasteiger partial charge in [0.2, 0.25) is 0 Å². The molecule has 0 fully saturated rings. The normalized spacial score (nSPS) is 11.4. The summed E-state index contributed by atoms with van der Waals surface area (Å²) in [5, 5.41) is 3.51. The number of rotatable bonds is 5. The number of fused-ring (bicyclic) bond motifs is 4. The quantitative estimate of drug-likeness (QED) is 0.197. The molecule has 0 atom stereocenters. The minimum atomic E-state index is 0.721. The van der Waals surface area contributed by atoms with Crippen LogP contribution in [0.3, 0.4) is 0 Å². The van der Waals surface area contributed by atoms with Crippen LogP contribution in [-0.4, -0.2) is 14.5 Å². The van der Waals surface area contributed by atoms with Gasteiger partial charge in [0.05, 0.1) is 22.2 Å². The molecule has 9 rings (SSSR count). The van der Waals surface area contributed by atoms with Crippen LogP contribution in [0, 0.1) is 0 Å². The summed E-state index contributed by atoms with van der Waals surface area (Å²) in [6.07, 6.45) is 0. The van der Waals surface area contributed by atoms with Crippen molar-refractivity contribution in [3.63, 3.8) is 0 Å². The van der Waals surface area contributed by atoms with Gasteiger partial charge in [0.1, 0.15) is 0 Å². The first-order valence-corrected chi connectivity index (χ1v) is 15.9. The molecule has 0 N–H and O–H groups in total. The molecule has 0 spiro atoms. The summed E-state index contributed by atoms with van der Waals surface area (Å²) in [6.45, 7) is 0. The van der Waals surface area contributed by atoms with Crippen molar-refractivity contribution in [2.45, 2.75) is 0 Å². The van der Waals surface area contributed by atoms with E-state index in [1.807, 2.05) is 12.1 Å². The minimum absolute atomic E-state index is 0.721. The average Bonchev–Trinajstić information content (AvgIpc) is 3.49. The van der Waals surface area contributed by atoms with Gasteiger partial charge >= 0.3 is 0 Å². The Morgan fingerprint density at radius 2 is 0.872 bits per heavy atom. The van der Waals surface area contributed by atoms with E-state index in [-0.39, 0.29) is 0 Å². The second-order valence-corrected chi connectivity index (χ2v) is 11.9. The third kappa shape index (κ3) is 4.77. The standard InChI is InChI=1S/C44H29N3/c1-4-12-30(13-5-1)31-20-22-33(23-21-31)44-45-40-26-24-34(29-39(40)43(46-44)32-14-6-2-7-15-32)35-25-27-42-38(28-35)37-18-10-11-19-41(37)47(42)36-16-8-3-9-17-36/h1-29H. The highest BCUT2D eigenvalue weighted by atomic mass is 15.0. The summed E-state index contributed by atoms with van der Waals surface area (Å²) in [7, 11) is 0. The van der Waals surface area contributed by atoms with Gasteiger partial charge in [-0.15, -0.1) is 0 Å². The Hall–Kier alpha value is -6.32. The van der Waals surface area contributed by atoms with Gasteiger partial charge in [-0.3, -0.25) is 0 Å². The van der Waals surface area contributed by atoms with Crippen molar-refractivity contribution < 1.29 is 0 Å². The van der Waals surface area contributed by atoms with Gasteiger partial charge < -0.3 is 4.57 Å². The minimum Gasteiger partial charge on any atom is -0.309 e. The SMILES string of the molecule is c1ccc(-c2ccc(-c3nc(-c4ccccc4)c4cc(-c5ccc6c(c5)c5ccccc5n6-c5ccccc5)ccc4n3)cc2)cc1. The predicted octanol–water partition coefficient (Wildman–Crippen LogP) is 11.4. The van der Waals surface area contributed by atoms with Crippen LogP contribution in [0.5, 0.6) is 0 Å². The lowest BCUT2D eigenvalue weighted by Crippen LogP contribution is -1.96. The van der Waals surface area contributed by atoms with E-state index in [0.29, 0.717) is 0 Å². The molecule has 0 amide bonds. The molecule has 0 saturated heterocycles. The van der Waals surface area contributed by atoms with Crippen LogP contribution in [0.4, 0.5) is 0 Å². The van der Waals surface area contributed by atoms with Crippen LogP contribution in [0.25, 0.3) is 83.3 Å². The van der Waals surface area contributed by atoms with E-state index in [4.69, 9.17) is 9.97 Å². The van der Waals surface area contributed by atoms with Crippen molar-refractivity contribution in [1.29, 1.82) is 0 Å². The molecule has 2 aromatic heterocycles. The molecule has 2 heterocycles. The zero-order valence-corrected chi connectivity index (χ0v) is 25.6. The molecular weight excluding hydrogens is 571 g/mol. The summed E-state index contributed by atoms with van der Waals surface area (Å²) < 4.78 is 2.35. The fraction of sp³-hybridized carbons (Fsp3) is 0. The lowest BCUT2D eigenvalue weighted by Gasteiger charge is -2.12. The summed E-state index contributed by atoms with van der Waals surface area (Å²) in [5.74, 6) is 0.721. The van der Waals surface area contributed by atoms with Crippen molar-refractivity contribution in [3.8, 4) is 50.6 Å². The number of benzene rings is 7. The number of para-hydroxylation sites is 2. The topological polar surface area (TPSA) is 30.7 Å². The third-order valence-electron chi connectivity index (χ3n) is 9.01. The highest BCUT2D eigenvalue weighted by Crippen LogP contribution is 2.37. The Balaban J connectivity index is 1.18. The van der Waals surface area contributed by atoms with E-state index >= 15 is 0 Å². The number of aromatic nitrogens is 3. The van der Waals surface area contributed by atoms with Crippen molar-refractivity contribution >= 4 is 32.7 Å². The van der Waals surface area contributed by atoms with Crippen molar-refractivity contribution in [2.24, 2.45) is 0 Å². The Morgan fingerprint density at radius 3 is 1.62 bits per heavy atom. The molecule has 3 heteroatoms. The lowest BCUT2D eigenvalue weighted by atomic mass is 9.98. The fourth-order valence-corrected chi connectivity index (χ4v) is 6.70. The molecule has 0 radical (unpaired) electrons. The van der Waals surface area contributed by atoms with Crippen LogP contribution in [0.15, 0.2) is 176 Å². The molecule has 47 heavy (non-hydrogen) atoms.